The molecule has 0 amide bonds. The highest BCUT2D eigenvalue weighted by atomic mass is 19.1. The quantitative estimate of drug-likeness (QED) is 0.149. The molecule has 2 heterocycles. The van der Waals surface area contributed by atoms with Gasteiger partial charge in [0.25, 0.3) is 0 Å². The molecule has 2 aliphatic heterocycles. The lowest BCUT2D eigenvalue weighted by atomic mass is 9.75. The fourth-order valence-electron chi connectivity index (χ4n) is 7.10. The predicted molar refractivity (Wildman–Crippen MR) is 174 cm³/mol. The van der Waals surface area contributed by atoms with Crippen molar-refractivity contribution >= 4 is 0 Å². The van der Waals surface area contributed by atoms with Crippen molar-refractivity contribution in [3.8, 4) is 0 Å². The van der Waals surface area contributed by atoms with Crippen LogP contribution in [-0.4, -0.2) is 31.1 Å². The van der Waals surface area contributed by atoms with Gasteiger partial charge in [0.15, 0.2) is 0 Å². The molecule has 0 aliphatic carbocycles. The fourth-order valence-corrected chi connectivity index (χ4v) is 7.10. The van der Waals surface area contributed by atoms with Gasteiger partial charge in [0, 0.05) is 31.1 Å². The smallest absolute Gasteiger partial charge is 0.126 e. The molecule has 2 fully saturated rings. The fraction of sp³-hybridized carbons (Fsp3) is 0.333. The Labute approximate surface area is 264 Å². The molecule has 0 spiro atoms. The van der Waals surface area contributed by atoms with Crippen LogP contribution in [0.25, 0.3) is 0 Å². The van der Waals surface area contributed by atoms with E-state index in [4.69, 9.17) is 0 Å². The highest BCUT2D eigenvalue weighted by Crippen LogP contribution is 2.42. The van der Waals surface area contributed by atoms with E-state index in [1.165, 1.54) is 35.4 Å². The summed E-state index contributed by atoms with van der Waals surface area (Å²) in [5.41, 5.74) is 4.91. The van der Waals surface area contributed by atoms with Gasteiger partial charge in [0.1, 0.15) is 23.3 Å². The number of likely N-dealkylation sites (tertiary alicyclic amines) is 1. The van der Waals surface area contributed by atoms with Crippen LogP contribution in [0, 0.1) is 41.0 Å². The summed E-state index contributed by atoms with van der Waals surface area (Å²) in [5.74, 6) is -0.656. The molecule has 0 unspecified atom stereocenters. The van der Waals surface area contributed by atoms with Crippen LogP contribution in [0.2, 0.25) is 0 Å². The second kappa shape index (κ2) is 14.6. The van der Waals surface area contributed by atoms with Gasteiger partial charge in [-0.3, -0.25) is 4.90 Å². The highest BCUT2D eigenvalue weighted by Gasteiger charge is 2.39. The molecule has 236 valence electrons. The Hall–Kier alpha value is -3.74. The molecule has 2 nitrogen and oxygen atoms in total. The van der Waals surface area contributed by atoms with Crippen LogP contribution in [0.1, 0.15) is 60.9 Å². The molecule has 0 bridgehead atoms. The lowest BCUT2D eigenvalue weighted by Crippen LogP contribution is -2.51. The van der Waals surface area contributed by atoms with Crippen molar-refractivity contribution in [3.63, 3.8) is 0 Å². The molecule has 0 saturated carbocycles. The predicted octanol–water partition coefficient (Wildman–Crippen LogP) is 9.27. The summed E-state index contributed by atoms with van der Waals surface area (Å²) >= 11 is 0. The van der Waals surface area contributed by atoms with Crippen molar-refractivity contribution < 1.29 is 17.6 Å². The molecule has 4 aromatic carbocycles. The zero-order valence-corrected chi connectivity index (χ0v) is 26.2. The Morgan fingerprint density at radius 2 is 1.11 bits per heavy atom. The maximum atomic E-state index is 13.8. The first-order chi connectivity index (χ1) is 21.6. The normalized spacial score (nSPS) is 16.8. The third-order valence-corrected chi connectivity index (χ3v) is 9.09. The van der Waals surface area contributed by atoms with Crippen molar-refractivity contribution in [1.29, 1.82) is 0 Å². The van der Waals surface area contributed by atoms with Crippen molar-refractivity contribution in [2.75, 3.05) is 26.2 Å². The van der Waals surface area contributed by atoms with Crippen LogP contribution in [0.4, 0.5) is 17.6 Å². The molecule has 0 radical (unpaired) electrons. The Kier molecular flexibility index (Phi) is 10.6. The van der Waals surface area contributed by atoms with Gasteiger partial charge in [-0.15, -0.1) is 0 Å². The second-order valence-electron chi connectivity index (χ2n) is 12.9. The monoisotopic (exact) mass is 614 g/mol. The SMILES string of the molecule is C=C(C)[C@H](c1cc(F)cc(F)c1)C1CN(C(c2ccccc2)c2ccccc2)C1.CC(C)[C@H](c1cc(F)cc(F)c1)C1CNC1. The largest absolute Gasteiger partial charge is 0.316 e. The van der Waals surface area contributed by atoms with E-state index in [0.717, 1.165) is 49.4 Å². The minimum absolute atomic E-state index is 0.0522. The van der Waals surface area contributed by atoms with Gasteiger partial charge in [-0.1, -0.05) is 86.7 Å². The number of hydrogen-bond acceptors (Lipinski definition) is 2. The molecule has 1 N–H and O–H groups in total. The van der Waals surface area contributed by atoms with Crippen LogP contribution < -0.4 is 5.32 Å². The number of allylic oxidation sites excluding steroid dienone is 1. The Bertz CT molecular complexity index is 1480. The summed E-state index contributed by atoms with van der Waals surface area (Å²) in [5, 5.41) is 3.21. The minimum atomic E-state index is -0.533. The maximum absolute atomic E-state index is 13.8. The van der Waals surface area contributed by atoms with E-state index in [1.54, 1.807) is 0 Å². The molecule has 6 heteroatoms. The Morgan fingerprint density at radius 3 is 1.49 bits per heavy atom. The average Bonchev–Trinajstić information content (AvgIpc) is 2.93. The van der Waals surface area contributed by atoms with E-state index in [2.05, 4.69) is 79.2 Å². The van der Waals surface area contributed by atoms with Crippen molar-refractivity contribution in [1.82, 2.24) is 10.2 Å². The van der Waals surface area contributed by atoms with Gasteiger partial charge < -0.3 is 5.32 Å². The van der Waals surface area contributed by atoms with Gasteiger partial charge in [0.2, 0.25) is 0 Å². The second-order valence-corrected chi connectivity index (χ2v) is 12.9. The maximum Gasteiger partial charge on any atom is 0.126 e. The molecule has 2 saturated heterocycles. The van der Waals surface area contributed by atoms with E-state index < -0.39 is 23.3 Å². The van der Waals surface area contributed by atoms with E-state index >= 15 is 0 Å². The lowest BCUT2D eigenvalue weighted by molar-refractivity contribution is 0.0581. The third-order valence-electron chi connectivity index (χ3n) is 9.09. The summed E-state index contributed by atoms with van der Waals surface area (Å²) in [7, 11) is 0. The van der Waals surface area contributed by atoms with E-state index in [-0.39, 0.29) is 23.8 Å². The Balaban J connectivity index is 0.000000211. The topological polar surface area (TPSA) is 15.3 Å². The summed E-state index contributed by atoms with van der Waals surface area (Å²) in [6.07, 6.45) is 0. The molecule has 4 aromatic rings. The zero-order chi connectivity index (χ0) is 32.1. The Morgan fingerprint density at radius 1 is 0.667 bits per heavy atom. The van der Waals surface area contributed by atoms with Gasteiger partial charge in [0.05, 0.1) is 6.04 Å². The van der Waals surface area contributed by atoms with Crippen LogP contribution in [0.5, 0.6) is 0 Å². The van der Waals surface area contributed by atoms with E-state index in [9.17, 15) is 17.6 Å². The minimum Gasteiger partial charge on any atom is -0.316 e. The van der Waals surface area contributed by atoms with E-state index in [1.807, 2.05) is 19.1 Å². The van der Waals surface area contributed by atoms with Gasteiger partial charge >= 0.3 is 0 Å². The van der Waals surface area contributed by atoms with Crippen molar-refractivity contribution in [2.45, 2.75) is 38.6 Å². The molecule has 2 aliphatic rings. The molecular formula is C39H42F4N2. The van der Waals surface area contributed by atoms with E-state index in [0.29, 0.717) is 17.4 Å². The number of rotatable bonds is 9. The number of nitrogens with one attached hydrogen (secondary N) is 1. The first-order valence-corrected chi connectivity index (χ1v) is 15.7. The van der Waals surface area contributed by atoms with Crippen molar-refractivity contribution in [3.05, 3.63) is 155 Å². The standard InChI is InChI=1S/C26H25F2N.C13H17F2N/c1-18(2)25(21-13-23(27)15-24(28)14-21)22-16-29(17-22)26(19-9-5-3-6-10-19)20-11-7-4-8-12-20;1-8(2)13(10-6-16-7-10)9-3-11(14)5-12(15)4-9/h3-15,22,25-26H,1,16-17H2,2H3;3-5,8,10,13,16H,6-7H2,1-2H3/t25-;13-/m11/s1. The van der Waals surface area contributed by atoms with Gasteiger partial charge in [-0.2, -0.15) is 0 Å². The summed E-state index contributed by atoms with van der Waals surface area (Å²) in [4.78, 5) is 2.43. The van der Waals surface area contributed by atoms with Crippen LogP contribution in [0.3, 0.4) is 0 Å². The first-order valence-electron chi connectivity index (χ1n) is 15.7. The lowest BCUT2D eigenvalue weighted by Gasteiger charge is -2.48. The average molecular weight is 615 g/mol. The highest BCUT2D eigenvalue weighted by molar-refractivity contribution is 5.35. The molecule has 2 atom stereocenters. The summed E-state index contributed by atoms with van der Waals surface area (Å²) in [6.45, 7) is 13.9. The van der Waals surface area contributed by atoms with Crippen molar-refractivity contribution in [2.24, 2.45) is 17.8 Å². The third kappa shape index (κ3) is 7.92. The van der Waals surface area contributed by atoms with Crippen LogP contribution >= 0.6 is 0 Å². The number of hydrogen-bond donors (Lipinski definition) is 1. The zero-order valence-electron chi connectivity index (χ0n) is 26.2. The number of nitrogens with zero attached hydrogens (tertiary/aromatic N) is 1. The molecule has 6 rings (SSSR count). The van der Waals surface area contributed by atoms with Gasteiger partial charge in [-0.05, 0) is 90.2 Å². The molecular weight excluding hydrogens is 572 g/mol. The summed E-state index contributed by atoms with van der Waals surface area (Å²) in [6, 6.07) is 28.8. The van der Waals surface area contributed by atoms with Crippen LogP contribution in [-0.2, 0) is 0 Å². The summed E-state index contributed by atoms with van der Waals surface area (Å²) < 4.78 is 54.0. The number of halogens is 4. The first kappa shape index (κ1) is 32.6. The molecule has 45 heavy (non-hydrogen) atoms. The van der Waals surface area contributed by atoms with Gasteiger partial charge in [-0.25, -0.2) is 17.6 Å². The molecule has 0 aromatic heterocycles. The number of benzene rings is 4. The van der Waals surface area contributed by atoms with Crippen LogP contribution in [0.15, 0.2) is 109 Å².